The second-order valence-corrected chi connectivity index (χ2v) is 5.50. The van der Waals surface area contributed by atoms with E-state index in [1.165, 1.54) is 0 Å². The van der Waals surface area contributed by atoms with Gasteiger partial charge in [-0.2, -0.15) is 0 Å². The Morgan fingerprint density at radius 1 is 1.47 bits per heavy atom. The fraction of sp³-hybridized carbons (Fsp3) is 0.455. The molecule has 1 N–H and O–H groups in total. The highest BCUT2D eigenvalue weighted by atomic mass is 31.2. The van der Waals surface area contributed by atoms with Gasteiger partial charge in [0.2, 0.25) is 0 Å². The van der Waals surface area contributed by atoms with E-state index in [0.717, 1.165) is 5.56 Å². The molecule has 3 nitrogen and oxygen atoms in total. The largest absolute Gasteiger partial charge is 0.358 e. The molecule has 0 radical (unpaired) electrons. The van der Waals surface area contributed by atoms with Gasteiger partial charge in [0.1, 0.15) is 0 Å². The van der Waals surface area contributed by atoms with Gasteiger partial charge in [0.05, 0.1) is 11.9 Å². The lowest BCUT2D eigenvalue weighted by molar-refractivity contribution is 0.284. The van der Waals surface area contributed by atoms with Crippen molar-refractivity contribution < 1.29 is 14.0 Å². The Morgan fingerprint density at radius 3 is 2.67 bits per heavy atom. The van der Waals surface area contributed by atoms with E-state index in [-0.39, 0.29) is 6.61 Å². The van der Waals surface area contributed by atoms with E-state index in [1.54, 1.807) is 25.1 Å². The Hall–Kier alpha value is -0.630. The van der Waals surface area contributed by atoms with Crippen molar-refractivity contribution in [1.82, 2.24) is 0 Å². The summed E-state index contributed by atoms with van der Waals surface area (Å²) in [5, 5.41) is 0.371. The lowest BCUT2D eigenvalue weighted by atomic mass is 10.0. The smallest absolute Gasteiger partial charge is 0.321 e. The zero-order valence-corrected chi connectivity index (χ0v) is 10.2. The zero-order chi connectivity index (χ0) is 11.5. The minimum absolute atomic E-state index is 0.236. The molecule has 0 aliphatic heterocycles. The minimum atomic E-state index is -3.61. The van der Waals surface area contributed by atoms with Crippen LogP contribution < -0.4 is 5.30 Å². The van der Waals surface area contributed by atoms with Gasteiger partial charge in [-0.1, -0.05) is 26.0 Å². The number of hydrogen-bond acceptors (Lipinski definition) is 2. The van der Waals surface area contributed by atoms with Gasteiger partial charge in [-0.15, -0.1) is 0 Å². The molecule has 84 valence electrons. The molecule has 1 rings (SSSR count). The second kappa shape index (κ2) is 4.93. The molecule has 0 spiro atoms. The molecule has 0 bridgehead atoms. The van der Waals surface area contributed by atoms with Crippen molar-refractivity contribution in [2.45, 2.75) is 26.7 Å². The van der Waals surface area contributed by atoms with E-state index in [0.29, 0.717) is 11.2 Å². The predicted octanol–water partition coefficient (Wildman–Crippen LogP) is 2.66. The Kier molecular flexibility index (Phi) is 4.09. The quantitative estimate of drug-likeness (QED) is 0.806. The summed E-state index contributed by atoms with van der Waals surface area (Å²) in [6, 6.07) is 7.09. The molecule has 0 heterocycles. The van der Waals surface area contributed by atoms with Crippen LogP contribution in [0, 0.1) is 0 Å². The van der Waals surface area contributed by atoms with Crippen molar-refractivity contribution in [3.05, 3.63) is 29.8 Å². The van der Waals surface area contributed by atoms with Gasteiger partial charge in [-0.25, -0.2) is 0 Å². The fourth-order valence-corrected chi connectivity index (χ4v) is 2.39. The van der Waals surface area contributed by atoms with Gasteiger partial charge in [0, 0.05) is 0 Å². The maximum atomic E-state index is 11.7. The third kappa shape index (κ3) is 3.16. The molecule has 4 heteroatoms. The third-order valence-corrected chi connectivity index (χ3v) is 3.71. The van der Waals surface area contributed by atoms with Crippen molar-refractivity contribution in [2.75, 3.05) is 6.61 Å². The molecule has 0 saturated carbocycles. The average molecular weight is 228 g/mol. The summed E-state index contributed by atoms with van der Waals surface area (Å²) >= 11 is 0. The second-order valence-electron chi connectivity index (χ2n) is 3.69. The summed E-state index contributed by atoms with van der Waals surface area (Å²) in [6.45, 7) is 6.03. The summed E-state index contributed by atoms with van der Waals surface area (Å²) in [5.41, 5.74) is 1.04. The maximum absolute atomic E-state index is 11.7. The molecular weight excluding hydrogens is 211 g/mol. The first-order valence-electron chi connectivity index (χ1n) is 5.05. The monoisotopic (exact) mass is 228 g/mol. The van der Waals surface area contributed by atoms with Crippen molar-refractivity contribution in [3.63, 3.8) is 0 Å². The summed E-state index contributed by atoms with van der Waals surface area (Å²) in [6.07, 6.45) is 0. The Bertz CT molecular complexity index is 374. The van der Waals surface area contributed by atoms with E-state index < -0.39 is 7.60 Å². The van der Waals surface area contributed by atoms with Gasteiger partial charge in [-0.3, -0.25) is 4.57 Å². The van der Waals surface area contributed by atoms with Gasteiger partial charge < -0.3 is 9.42 Å². The highest BCUT2D eigenvalue weighted by molar-refractivity contribution is 7.61. The Balaban J connectivity index is 3.05. The lowest BCUT2D eigenvalue weighted by Crippen LogP contribution is -2.08. The SMILES string of the molecule is CCOP(=O)(O)c1cccc(C(C)C)c1. The first-order chi connectivity index (χ1) is 6.97. The van der Waals surface area contributed by atoms with Crippen LogP contribution in [0.5, 0.6) is 0 Å². The van der Waals surface area contributed by atoms with Crippen LogP contribution in [0.2, 0.25) is 0 Å². The number of hydrogen-bond donors (Lipinski definition) is 1. The molecule has 1 aromatic carbocycles. The molecule has 1 aromatic rings. The van der Waals surface area contributed by atoms with Crippen LogP contribution in [0.15, 0.2) is 24.3 Å². The average Bonchev–Trinajstić information content (AvgIpc) is 2.18. The van der Waals surface area contributed by atoms with Crippen molar-refractivity contribution in [2.24, 2.45) is 0 Å². The Labute approximate surface area is 90.6 Å². The lowest BCUT2D eigenvalue weighted by Gasteiger charge is -2.13. The number of benzene rings is 1. The fourth-order valence-electron chi connectivity index (χ4n) is 1.31. The van der Waals surface area contributed by atoms with Crippen LogP contribution in [0.3, 0.4) is 0 Å². The van der Waals surface area contributed by atoms with Crippen molar-refractivity contribution in [3.8, 4) is 0 Å². The van der Waals surface area contributed by atoms with E-state index in [1.807, 2.05) is 19.9 Å². The first kappa shape index (κ1) is 12.4. The van der Waals surface area contributed by atoms with Gasteiger partial charge >= 0.3 is 7.60 Å². The predicted molar refractivity (Wildman–Crippen MR) is 61.6 cm³/mol. The summed E-state index contributed by atoms with van der Waals surface area (Å²) in [4.78, 5) is 9.63. The molecule has 0 aliphatic carbocycles. The summed E-state index contributed by atoms with van der Waals surface area (Å²) in [7, 11) is -3.61. The van der Waals surface area contributed by atoms with Gasteiger partial charge in [-0.05, 0) is 30.5 Å². The van der Waals surface area contributed by atoms with Gasteiger partial charge in [0.15, 0.2) is 0 Å². The van der Waals surface area contributed by atoms with Crippen LogP contribution >= 0.6 is 7.60 Å². The third-order valence-electron chi connectivity index (χ3n) is 2.17. The molecule has 0 aliphatic rings. The molecule has 1 atom stereocenters. The van der Waals surface area contributed by atoms with Crippen LogP contribution in [0.4, 0.5) is 0 Å². The topological polar surface area (TPSA) is 46.5 Å². The van der Waals surface area contributed by atoms with E-state index in [9.17, 15) is 9.46 Å². The Morgan fingerprint density at radius 2 is 2.13 bits per heavy atom. The molecule has 0 fully saturated rings. The maximum Gasteiger partial charge on any atom is 0.358 e. The number of rotatable bonds is 4. The molecule has 0 aromatic heterocycles. The van der Waals surface area contributed by atoms with Crippen LogP contribution in [0.1, 0.15) is 32.3 Å². The summed E-state index contributed by atoms with van der Waals surface area (Å²) < 4.78 is 16.6. The van der Waals surface area contributed by atoms with Crippen molar-refractivity contribution >= 4 is 12.9 Å². The minimum Gasteiger partial charge on any atom is -0.321 e. The molecule has 0 saturated heterocycles. The highest BCUT2D eigenvalue weighted by Gasteiger charge is 2.22. The molecule has 15 heavy (non-hydrogen) atoms. The standard InChI is InChI=1S/C11H17O3P/c1-4-14-15(12,13)11-7-5-6-10(8-11)9(2)3/h5-9H,4H2,1-3H3,(H,12,13). The summed E-state index contributed by atoms with van der Waals surface area (Å²) in [5.74, 6) is 0.339. The normalized spacial score (nSPS) is 15.3. The molecule has 1 unspecified atom stereocenters. The van der Waals surface area contributed by atoms with Gasteiger partial charge in [0.25, 0.3) is 0 Å². The highest BCUT2D eigenvalue weighted by Crippen LogP contribution is 2.40. The van der Waals surface area contributed by atoms with Crippen molar-refractivity contribution in [1.29, 1.82) is 0 Å². The van der Waals surface area contributed by atoms with E-state index >= 15 is 0 Å². The van der Waals surface area contributed by atoms with Crippen LogP contribution in [0.25, 0.3) is 0 Å². The first-order valence-corrected chi connectivity index (χ1v) is 6.63. The van der Waals surface area contributed by atoms with Crippen LogP contribution in [-0.4, -0.2) is 11.5 Å². The van der Waals surface area contributed by atoms with Crippen LogP contribution in [-0.2, 0) is 9.09 Å². The zero-order valence-electron chi connectivity index (χ0n) is 9.30. The van der Waals surface area contributed by atoms with E-state index in [4.69, 9.17) is 4.52 Å². The molecular formula is C11H17O3P. The van der Waals surface area contributed by atoms with E-state index in [2.05, 4.69) is 0 Å². The molecule has 0 amide bonds.